The number of thiophene rings is 2. The van der Waals surface area contributed by atoms with E-state index in [1.807, 2.05) is 6.07 Å². The van der Waals surface area contributed by atoms with Gasteiger partial charge < -0.3 is 5.73 Å². The van der Waals surface area contributed by atoms with Gasteiger partial charge in [-0.3, -0.25) is 0 Å². The van der Waals surface area contributed by atoms with Crippen molar-refractivity contribution >= 4 is 38.6 Å². The highest BCUT2D eigenvalue weighted by molar-refractivity contribution is 9.10. The first kappa shape index (κ1) is 10.4. The maximum absolute atomic E-state index is 6.12. The standard InChI is InChI=1S/C10H10BrNS2/c11-8-2-4-14-10(8)9(12)5-7-1-3-13-6-7/h1-4,6,9H,5,12H2. The predicted octanol–water partition coefficient (Wildman–Crippen LogP) is 3.81. The third-order valence-electron chi connectivity index (χ3n) is 2.02. The number of nitrogens with two attached hydrogens (primary N) is 1. The molecule has 1 atom stereocenters. The Hall–Kier alpha value is -0.160. The lowest BCUT2D eigenvalue weighted by atomic mass is 10.1. The third kappa shape index (κ3) is 2.25. The Kier molecular flexibility index (Phi) is 3.38. The van der Waals surface area contributed by atoms with E-state index in [1.165, 1.54) is 10.4 Å². The molecule has 2 heterocycles. The zero-order valence-electron chi connectivity index (χ0n) is 7.44. The van der Waals surface area contributed by atoms with Crippen LogP contribution >= 0.6 is 38.6 Å². The van der Waals surface area contributed by atoms with Crippen molar-refractivity contribution < 1.29 is 0 Å². The molecule has 0 aliphatic rings. The van der Waals surface area contributed by atoms with Crippen molar-refractivity contribution in [2.75, 3.05) is 0 Å². The molecule has 0 aromatic carbocycles. The molecule has 74 valence electrons. The van der Waals surface area contributed by atoms with Crippen molar-refractivity contribution in [3.05, 3.63) is 43.2 Å². The minimum Gasteiger partial charge on any atom is -0.323 e. The van der Waals surface area contributed by atoms with Crippen LogP contribution in [0.2, 0.25) is 0 Å². The van der Waals surface area contributed by atoms with Crippen LogP contribution in [0.1, 0.15) is 16.5 Å². The molecule has 0 saturated carbocycles. The van der Waals surface area contributed by atoms with E-state index in [0.717, 1.165) is 10.9 Å². The first-order valence-electron chi connectivity index (χ1n) is 4.27. The minimum absolute atomic E-state index is 0.110. The molecule has 0 spiro atoms. The average molecular weight is 288 g/mol. The van der Waals surface area contributed by atoms with E-state index in [1.54, 1.807) is 22.7 Å². The summed E-state index contributed by atoms with van der Waals surface area (Å²) in [5.41, 5.74) is 7.44. The first-order valence-corrected chi connectivity index (χ1v) is 6.88. The van der Waals surface area contributed by atoms with E-state index in [0.29, 0.717) is 0 Å². The van der Waals surface area contributed by atoms with Crippen LogP contribution in [-0.2, 0) is 6.42 Å². The molecule has 0 saturated heterocycles. The molecule has 1 unspecified atom stereocenters. The number of hydrogen-bond acceptors (Lipinski definition) is 3. The van der Waals surface area contributed by atoms with Gasteiger partial charge in [-0.25, -0.2) is 0 Å². The smallest absolute Gasteiger partial charge is 0.0442 e. The summed E-state index contributed by atoms with van der Waals surface area (Å²) in [5.74, 6) is 0. The van der Waals surface area contributed by atoms with Crippen molar-refractivity contribution in [1.82, 2.24) is 0 Å². The molecule has 4 heteroatoms. The molecular formula is C10H10BrNS2. The van der Waals surface area contributed by atoms with E-state index >= 15 is 0 Å². The molecule has 14 heavy (non-hydrogen) atoms. The van der Waals surface area contributed by atoms with Gasteiger partial charge in [-0.2, -0.15) is 11.3 Å². The van der Waals surface area contributed by atoms with Gasteiger partial charge in [-0.1, -0.05) is 0 Å². The van der Waals surface area contributed by atoms with Gasteiger partial charge in [-0.15, -0.1) is 11.3 Å². The second-order valence-electron chi connectivity index (χ2n) is 3.08. The summed E-state index contributed by atoms with van der Waals surface area (Å²) in [6.07, 6.45) is 0.919. The van der Waals surface area contributed by atoms with E-state index in [9.17, 15) is 0 Å². The Balaban J connectivity index is 2.10. The largest absolute Gasteiger partial charge is 0.323 e. The Morgan fingerprint density at radius 1 is 1.36 bits per heavy atom. The summed E-state index contributed by atoms with van der Waals surface area (Å²) in [5, 5.41) is 6.31. The summed E-state index contributed by atoms with van der Waals surface area (Å²) in [4.78, 5) is 1.23. The molecule has 2 rings (SSSR count). The highest BCUT2D eigenvalue weighted by Gasteiger charge is 2.11. The van der Waals surface area contributed by atoms with Crippen molar-refractivity contribution in [1.29, 1.82) is 0 Å². The second-order valence-corrected chi connectivity index (χ2v) is 5.66. The summed E-state index contributed by atoms with van der Waals surface area (Å²) in [6, 6.07) is 4.29. The first-order chi connectivity index (χ1) is 6.77. The average Bonchev–Trinajstić information content (AvgIpc) is 2.75. The van der Waals surface area contributed by atoms with Crippen molar-refractivity contribution in [3.63, 3.8) is 0 Å². The molecule has 0 radical (unpaired) electrons. The highest BCUT2D eigenvalue weighted by atomic mass is 79.9. The lowest BCUT2D eigenvalue weighted by molar-refractivity contribution is 0.735. The number of halogens is 1. The van der Waals surface area contributed by atoms with Crippen molar-refractivity contribution in [2.45, 2.75) is 12.5 Å². The predicted molar refractivity (Wildman–Crippen MR) is 67.0 cm³/mol. The Bertz CT molecular complexity index is 394. The molecule has 0 aliphatic heterocycles. The quantitative estimate of drug-likeness (QED) is 0.913. The Morgan fingerprint density at radius 3 is 2.79 bits per heavy atom. The van der Waals surface area contributed by atoms with Crippen molar-refractivity contribution in [2.24, 2.45) is 5.73 Å². The maximum atomic E-state index is 6.12. The Labute approximate surface area is 99.7 Å². The monoisotopic (exact) mass is 287 g/mol. The third-order valence-corrected chi connectivity index (χ3v) is 4.75. The molecule has 0 aliphatic carbocycles. The van der Waals surface area contributed by atoms with Crippen LogP contribution in [0.3, 0.4) is 0 Å². The fourth-order valence-corrected chi connectivity index (χ4v) is 3.68. The van der Waals surface area contributed by atoms with Crippen LogP contribution in [0.25, 0.3) is 0 Å². The van der Waals surface area contributed by atoms with Crippen LogP contribution in [-0.4, -0.2) is 0 Å². The van der Waals surface area contributed by atoms with Gasteiger partial charge in [-0.05, 0) is 56.2 Å². The van der Waals surface area contributed by atoms with Crippen LogP contribution in [0.5, 0.6) is 0 Å². The van der Waals surface area contributed by atoms with Gasteiger partial charge >= 0.3 is 0 Å². The normalized spacial score (nSPS) is 13.0. The van der Waals surface area contributed by atoms with Crippen LogP contribution in [0, 0.1) is 0 Å². The molecule has 1 nitrogen and oxygen atoms in total. The SMILES string of the molecule is NC(Cc1ccsc1)c1sccc1Br. The fourth-order valence-electron chi connectivity index (χ4n) is 1.33. The van der Waals surface area contributed by atoms with E-state index in [2.05, 4.69) is 38.1 Å². The van der Waals surface area contributed by atoms with Gasteiger partial charge in [0.2, 0.25) is 0 Å². The molecule has 2 N–H and O–H groups in total. The van der Waals surface area contributed by atoms with E-state index < -0.39 is 0 Å². The molecule has 0 bridgehead atoms. The zero-order chi connectivity index (χ0) is 9.97. The minimum atomic E-state index is 0.110. The van der Waals surface area contributed by atoms with Gasteiger partial charge in [0.25, 0.3) is 0 Å². The lowest BCUT2D eigenvalue weighted by Gasteiger charge is -2.08. The van der Waals surface area contributed by atoms with Crippen LogP contribution in [0.15, 0.2) is 32.7 Å². The van der Waals surface area contributed by atoms with Gasteiger partial charge in [0.05, 0.1) is 0 Å². The molecule has 2 aromatic heterocycles. The van der Waals surface area contributed by atoms with Gasteiger partial charge in [0.15, 0.2) is 0 Å². The maximum Gasteiger partial charge on any atom is 0.0442 e. The summed E-state index contributed by atoms with van der Waals surface area (Å²) in [6.45, 7) is 0. The molecule has 2 aromatic rings. The summed E-state index contributed by atoms with van der Waals surface area (Å²) < 4.78 is 1.13. The molecular weight excluding hydrogens is 278 g/mol. The molecule has 0 fully saturated rings. The number of rotatable bonds is 3. The summed E-state index contributed by atoms with van der Waals surface area (Å²) >= 11 is 6.93. The Morgan fingerprint density at radius 2 is 2.21 bits per heavy atom. The topological polar surface area (TPSA) is 26.0 Å². The zero-order valence-corrected chi connectivity index (χ0v) is 10.7. The fraction of sp³-hybridized carbons (Fsp3) is 0.200. The van der Waals surface area contributed by atoms with Gasteiger partial charge in [0, 0.05) is 15.4 Å². The van der Waals surface area contributed by atoms with E-state index in [-0.39, 0.29) is 6.04 Å². The van der Waals surface area contributed by atoms with Crippen LogP contribution in [0.4, 0.5) is 0 Å². The summed E-state index contributed by atoms with van der Waals surface area (Å²) in [7, 11) is 0. The van der Waals surface area contributed by atoms with Crippen molar-refractivity contribution in [3.8, 4) is 0 Å². The highest BCUT2D eigenvalue weighted by Crippen LogP contribution is 2.29. The molecule has 0 amide bonds. The number of hydrogen-bond donors (Lipinski definition) is 1. The van der Waals surface area contributed by atoms with Gasteiger partial charge in [0.1, 0.15) is 0 Å². The van der Waals surface area contributed by atoms with E-state index in [4.69, 9.17) is 5.73 Å². The van der Waals surface area contributed by atoms with Crippen LogP contribution < -0.4 is 5.73 Å². The second kappa shape index (κ2) is 4.57. The lowest BCUT2D eigenvalue weighted by Crippen LogP contribution is -2.11.